The van der Waals surface area contributed by atoms with E-state index in [1.807, 2.05) is 27.7 Å². The van der Waals surface area contributed by atoms with Crippen LogP contribution in [0.5, 0.6) is 0 Å². The molecule has 142 valence electrons. The Morgan fingerprint density at radius 2 is 1.83 bits per heavy atom. The monoisotopic (exact) mass is 362 g/mol. The first-order chi connectivity index (χ1) is 11.1. The van der Waals surface area contributed by atoms with E-state index >= 15 is 0 Å². The molecule has 0 aromatic rings. The molecule has 24 heavy (non-hydrogen) atoms. The van der Waals surface area contributed by atoms with Crippen molar-refractivity contribution in [1.82, 2.24) is 5.32 Å². The van der Waals surface area contributed by atoms with Crippen LogP contribution in [-0.2, 0) is 14.3 Å². The minimum Gasteiger partial charge on any atom is -0.390 e. The van der Waals surface area contributed by atoms with Crippen molar-refractivity contribution in [2.24, 2.45) is 11.7 Å². The number of carbonyl (C=O) groups excluding carboxylic acids is 2. The number of aliphatic hydroxyl groups excluding tert-OH is 1. The molecule has 0 spiro atoms. The molecule has 2 unspecified atom stereocenters. The number of nitrogens with one attached hydrogen (secondary N) is 1. The number of aliphatic hydroxyl groups is 1. The summed E-state index contributed by atoms with van der Waals surface area (Å²) in [5.41, 5.74) is 5.55. The van der Waals surface area contributed by atoms with Crippen LogP contribution in [0.1, 0.15) is 41.0 Å². The van der Waals surface area contributed by atoms with Crippen molar-refractivity contribution in [3.63, 3.8) is 0 Å². The minimum absolute atomic E-state index is 0.00993. The molecule has 6 nitrogen and oxygen atoms in total. The lowest BCUT2D eigenvalue weighted by Crippen LogP contribution is -2.43. The third kappa shape index (κ3) is 11.1. The lowest BCUT2D eigenvalue weighted by molar-refractivity contribution is -0.124. The molecule has 0 fully saturated rings. The van der Waals surface area contributed by atoms with Crippen LogP contribution >= 0.6 is 11.8 Å². The Labute approximate surface area is 150 Å². The molecule has 0 aromatic carbocycles. The summed E-state index contributed by atoms with van der Waals surface area (Å²) in [6.07, 6.45) is 0.134. The zero-order valence-electron chi connectivity index (χ0n) is 15.6. The lowest BCUT2D eigenvalue weighted by Gasteiger charge is -2.22. The highest BCUT2D eigenvalue weighted by Gasteiger charge is 2.21. The fraction of sp³-hybridized carbons (Fsp3) is 0.882. The van der Waals surface area contributed by atoms with Gasteiger partial charge in [-0.3, -0.25) is 9.59 Å². The molecule has 0 aliphatic carbocycles. The molecule has 0 aliphatic heterocycles. The number of carbonyl (C=O) groups is 2. The van der Waals surface area contributed by atoms with E-state index < -0.39 is 12.1 Å². The second kappa shape index (κ2) is 12.8. The highest BCUT2D eigenvalue weighted by Crippen LogP contribution is 2.11. The Kier molecular flexibility index (Phi) is 12.6. The normalized spacial score (nSPS) is 15.5. The summed E-state index contributed by atoms with van der Waals surface area (Å²) in [6.45, 7) is 9.59. The molecule has 0 heterocycles. The van der Waals surface area contributed by atoms with Gasteiger partial charge < -0.3 is 20.9 Å². The molecule has 7 heteroatoms. The molecule has 0 bridgehead atoms. The number of ether oxygens (including phenoxy) is 1. The summed E-state index contributed by atoms with van der Waals surface area (Å²) in [5, 5.41) is 13.2. The van der Waals surface area contributed by atoms with Crippen LogP contribution in [0.25, 0.3) is 0 Å². The van der Waals surface area contributed by atoms with Gasteiger partial charge in [-0.05, 0) is 19.1 Å². The number of thioether (sulfide) groups is 1. The standard InChI is InChI=1S/C17H34N2O4S/c1-11(2)17(22)16(19-12(3)4)6-7-24-10-14(21)8-23-9-15(18)13(5)20/h11-12,14-16,19,21H,6-10,18H2,1-5H3/t14?,15?,16-/m0/s1. The topological polar surface area (TPSA) is 102 Å². The Bertz CT molecular complexity index is 378. The van der Waals surface area contributed by atoms with Crippen LogP contribution in [0.2, 0.25) is 0 Å². The maximum absolute atomic E-state index is 12.2. The number of ketones is 2. The first kappa shape index (κ1) is 23.5. The number of nitrogens with two attached hydrogens (primary N) is 1. The predicted molar refractivity (Wildman–Crippen MR) is 99.3 cm³/mol. The second-order valence-electron chi connectivity index (χ2n) is 6.70. The van der Waals surface area contributed by atoms with Crippen LogP contribution in [0, 0.1) is 5.92 Å². The maximum Gasteiger partial charge on any atom is 0.152 e. The number of hydrogen-bond acceptors (Lipinski definition) is 7. The molecular formula is C17H34N2O4S. The van der Waals surface area contributed by atoms with Crippen molar-refractivity contribution in [3.8, 4) is 0 Å². The highest BCUT2D eigenvalue weighted by atomic mass is 32.2. The van der Waals surface area contributed by atoms with E-state index in [1.54, 1.807) is 11.8 Å². The van der Waals surface area contributed by atoms with Crippen LogP contribution in [-0.4, -0.2) is 65.6 Å². The summed E-state index contributed by atoms with van der Waals surface area (Å²) in [7, 11) is 0. The average molecular weight is 363 g/mol. The molecular weight excluding hydrogens is 328 g/mol. The largest absolute Gasteiger partial charge is 0.390 e. The van der Waals surface area contributed by atoms with Gasteiger partial charge in [0.2, 0.25) is 0 Å². The van der Waals surface area contributed by atoms with Gasteiger partial charge in [0.1, 0.15) is 5.78 Å². The summed E-state index contributed by atoms with van der Waals surface area (Å²) in [5.74, 6) is 1.42. The van der Waals surface area contributed by atoms with Gasteiger partial charge in [0.15, 0.2) is 5.78 Å². The van der Waals surface area contributed by atoms with E-state index in [0.717, 1.165) is 12.2 Å². The molecule has 0 rings (SSSR count). The highest BCUT2D eigenvalue weighted by molar-refractivity contribution is 7.99. The van der Waals surface area contributed by atoms with Crippen LogP contribution in [0.4, 0.5) is 0 Å². The maximum atomic E-state index is 12.2. The van der Waals surface area contributed by atoms with Crippen molar-refractivity contribution in [1.29, 1.82) is 0 Å². The molecule has 0 radical (unpaired) electrons. The van der Waals surface area contributed by atoms with E-state index in [-0.39, 0.29) is 42.8 Å². The van der Waals surface area contributed by atoms with Crippen molar-refractivity contribution < 1.29 is 19.4 Å². The average Bonchev–Trinajstić information content (AvgIpc) is 2.48. The van der Waals surface area contributed by atoms with Gasteiger partial charge in [-0.25, -0.2) is 0 Å². The Morgan fingerprint density at radius 1 is 1.21 bits per heavy atom. The SMILES string of the molecule is CC(=O)C(N)COCC(O)CSCC[C@H](NC(C)C)C(=O)C(C)C. The zero-order chi connectivity index (χ0) is 18.7. The molecule has 3 atom stereocenters. The summed E-state index contributed by atoms with van der Waals surface area (Å²) in [4.78, 5) is 23.2. The number of Topliss-reactive ketones (excluding diaryl/α,β-unsaturated/α-hetero) is 2. The van der Waals surface area contributed by atoms with Gasteiger partial charge >= 0.3 is 0 Å². The van der Waals surface area contributed by atoms with Crippen LogP contribution in [0.3, 0.4) is 0 Å². The van der Waals surface area contributed by atoms with Gasteiger partial charge in [-0.15, -0.1) is 0 Å². The van der Waals surface area contributed by atoms with Crippen LogP contribution < -0.4 is 11.1 Å². The van der Waals surface area contributed by atoms with Crippen LogP contribution in [0.15, 0.2) is 0 Å². The molecule has 0 aromatic heterocycles. The third-order valence-electron chi connectivity index (χ3n) is 3.44. The zero-order valence-corrected chi connectivity index (χ0v) is 16.4. The Balaban J connectivity index is 3.98. The van der Waals surface area contributed by atoms with Gasteiger partial charge in [0.05, 0.1) is 31.4 Å². The van der Waals surface area contributed by atoms with Gasteiger partial charge in [-0.2, -0.15) is 11.8 Å². The summed E-state index contributed by atoms with van der Waals surface area (Å²) < 4.78 is 5.24. The van der Waals surface area contributed by atoms with Crippen molar-refractivity contribution in [3.05, 3.63) is 0 Å². The molecule has 0 aliphatic rings. The van der Waals surface area contributed by atoms with Gasteiger partial charge in [0.25, 0.3) is 0 Å². The van der Waals surface area contributed by atoms with E-state index in [2.05, 4.69) is 5.32 Å². The summed E-state index contributed by atoms with van der Waals surface area (Å²) in [6, 6.07) is -0.513. The first-order valence-electron chi connectivity index (χ1n) is 8.54. The van der Waals surface area contributed by atoms with Gasteiger partial charge in [-0.1, -0.05) is 27.7 Å². The smallest absolute Gasteiger partial charge is 0.152 e. The van der Waals surface area contributed by atoms with Crippen molar-refractivity contribution >= 4 is 23.3 Å². The summed E-state index contributed by atoms with van der Waals surface area (Å²) >= 11 is 1.59. The fourth-order valence-corrected chi connectivity index (χ4v) is 2.97. The Hall–Kier alpha value is -0.470. The lowest BCUT2D eigenvalue weighted by atomic mass is 9.99. The first-order valence-corrected chi connectivity index (χ1v) is 9.69. The predicted octanol–water partition coefficient (Wildman–Crippen LogP) is 0.995. The van der Waals surface area contributed by atoms with Crippen molar-refractivity contribution in [2.75, 3.05) is 24.7 Å². The Morgan fingerprint density at radius 3 is 2.33 bits per heavy atom. The van der Waals surface area contributed by atoms with E-state index in [4.69, 9.17) is 10.5 Å². The second-order valence-corrected chi connectivity index (χ2v) is 7.85. The molecule has 0 saturated heterocycles. The van der Waals surface area contributed by atoms with E-state index in [0.29, 0.717) is 5.75 Å². The fourth-order valence-electron chi connectivity index (χ4n) is 2.03. The van der Waals surface area contributed by atoms with Gasteiger partial charge in [0, 0.05) is 17.7 Å². The molecule has 4 N–H and O–H groups in total. The van der Waals surface area contributed by atoms with Crippen molar-refractivity contribution in [2.45, 2.75) is 65.3 Å². The molecule has 0 saturated carbocycles. The third-order valence-corrected chi connectivity index (χ3v) is 4.58. The van der Waals surface area contributed by atoms with E-state index in [9.17, 15) is 14.7 Å². The molecule has 0 amide bonds. The quantitative estimate of drug-likeness (QED) is 0.396. The minimum atomic E-state index is -0.630. The van der Waals surface area contributed by atoms with E-state index in [1.165, 1.54) is 6.92 Å². The number of rotatable bonds is 14. The number of hydrogen-bond donors (Lipinski definition) is 3.